The van der Waals surface area contributed by atoms with Crippen molar-refractivity contribution in [2.75, 3.05) is 6.54 Å². The highest BCUT2D eigenvalue weighted by molar-refractivity contribution is 7.89. The quantitative estimate of drug-likeness (QED) is 0.748. The summed E-state index contributed by atoms with van der Waals surface area (Å²) in [5.74, 6) is -0.904. The van der Waals surface area contributed by atoms with Crippen LogP contribution in [0.2, 0.25) is 0 Å². The van der Waals surface area contributed by atoms with Crippen molar-refractivity contribution < 1.29 is 17.6 Å². The van der Waals surface area contributed by atoms with Gasteiger partial charge < -0.3 is 5.32 Å². The zero-order valence-electron chi connectivity index (χ0n) is 11.5. The van der Waals surface area contributed by atoms with Crippen LogP contribution >= 0.6 is 0 Å². The third-order valence-corrected chi connectivity index (χ3v) is 4.24. The van der Waals surface area contributed by atoms with E-state index in [0.717, 1.165) is 37.1 Å². The predicted octanol–water partition coefficient (Wildman–Crippen LogP) is 1.41. The molecular weight excluding hydrogens is 283 g/mol. The Hall–Kier alpha value is -1.47. The lowest BCUT2D eigenvalue weighted by Gasteiger charge is -2.14. The van der Waals surface area contributed by atoms with E-state index in [0.29, 0.717) is 6.54 Å². The van der Waals surface area contributed by atoms with E-state index in [4.69, 9.17) is 0 Å². The highest BCUT2D eigenvalue weighted by Gasteiger charge is 2.21. The van der Waals surface area contributed by atoms with E-state index in [-0.39, 0.29) is 10.8 Å². The largest absolute Gasteiger partial charge is 0.355 e. The number of amides is 1. The van der Waals surface area contributed by atoms with Crippen LogP contribution in [0, 0.1) is 5.82 Å². The molecule has 0 aromatic heterocycles. The van der Waals surface area contributed by atoms with Crippen molar-refractivity contribution >= 4 is 15.9 Å². The molecule has 0 aliphatic heterocycles. The van der Waals surface area contributed by atoms with Crippen LogP contribution in [0.4, 0.5) is 4.39 Å². The molecule has 1 aromatic rings. The molecule has 112 valence electrons. The number of nitrogens with one attached hydrogen (secondary N) is 2. The molecule has 0 fully saturated rings. The molecule has 0 bridgehead atoms. The number of rotatable bonds is 7. The highest BCUT2D eigenvalue weighted by atomic mass is 32.2. The first-order chi connectivity index (χ1) is 9.36. The molecule has 7 heteroatoms. The molecule has 0 saturated heterocycles. The minimum Gasteiger partial charge on any atom is -0.355 e. The number of halogens is 1. The molecule has 1 aromatic carbocycles. The fraction of sp³-hybridized carbons (Fsp3) is 0.462. The van der Waals surface area contributed by atoms with Crippen molar-refractivity contribution in [1.29, 1.82) is 0 Å². The summed E-state index contributed by atoms with van der Waals surface area (Å²) >= 11 is 0. The molecule has 5 nitrogen and oxygen atoms in total. The van der Waals surface area contributed by atoms with Crippen LogP contribution < -0.4 is 10.0 Å². The van der Waals surface area contributed by atoms with Gasteiger partial charge in [0.1, 0.15) is 5.82 Å². The van der Waals surface area contributed by atoms with Gasteiger partial charge in [-0.05, 0) is 37.6 Å². The Labute approximate surface area is 118 Å². The van der Waals surface area contributed by atoms with Crippen molar-refractivity contribution in [3.63, 3.8) is 0 Å². The monoisotopic (exact) mass is 302 g/mol. The van der Waals surface area contributed by atoms with E-state index in [9.17, 15) is 17.6 Å². The smallest absolute Gasteiger partial charge is 0.241 e. The Bertz CT molecular complexity index is 543. The summed E-state index contributed by atoms with van der Waals surface area (Å²) in [6.07, 6.45) is 1.78. The molecule has 0 spiro atoms. The van der Waals surface area contributed by atoms with E-state index >= 15 is 0 Å². The summed E-state index contributed by atoms with van der Waals surface area (Å²) in [5.41, 5.74) is 0. The second kappa shape index (κ2) is 7.35. The maximum atomic E-state index is 12.8. The van der Waals surface area contributed by atoms with Crippen molar-refractivity contribution in [2.45, 2.75) is 37.6 Å². The average molecular weight is 302 g/mol. The van der Waals surface area contributed by atoms with Crippen molar-refractivity contribution in [3.8, 4) is 0 Å². The van der Waals surface area contributed by atoms with Gasteiger partial charge in [0.25, 0.3) is 0 Å². The van der Waals surface area contributed by atoms with Gasteiger partial charge in [-0.3, -0.25) is 4.79 Å². The molecule has 2 N–H and O–H groups in total. The van der Waals surface area contributed by atoms with Gasteiger partial charge in [-0.15, -0.1) is 0 Å². The zero-order valence-corrected chi connectivity index (χ0v) is 12.3. The van der Waals surface area contributed by atoms with E-state index in [1.165, 1.54) is 6.92 Å². The summed E-state index contributed by atoms with van der Waals surface area (Å²) in [4.78, 5) is 11.6. The van der Waals surface area contributed by atoms with Crippen molar-refractivity contribution in [2.24, 2.45) is 0 Å². The Morgan fingerprint density at radius 3 is 2.45 bits per heavy atom. The molecule has 20 heavy (non-hydrogen) atoms. The summed E-state index contributed by atoms with van der Waals surface area (Å²) in [6.45, 7) is 3.97. The molecule has 0 radical (unpaired) electrons. The number of benzene rings is 1. The van der Waals surface area contributed by atoms with E-state index in [1.807, 2.05) is 6.92 Å². The lowest BCUT2D eigenvalue weighted by molar-refractivity contribution is -0.122. The van der Waals surface area contributed by atoms with Crippen LogP contribution in [0.25, 0.3) is 0 Å². The van der Waals surface area contributed by atoms with Gasteiger partial charge in [0, 0.05) is 6.54 Å². The van der Waals surface area contributed by atoms with Gasteiger partial charge in [0.15, 0.2) is 0 Å². The molecule has 1 unspecified atom stereocenters. The molecule has 1 amide bonds. The van der Waals surface area contributed by atoms with Gasteiger partial charge in [0.2, 0.25) is 15.9 Å². The zero-order chi connectivity index (χ0) is 15.2. The minimum absolute atomic E-state index is 0.0768. The lowest BCUT2D eigenvalue weighted by Crippen LogP contribution is -2.44. The summed E-state index contributed by atoms with van der Waals surface area (Å²) in [6, 6.07) is 3.53. The van der Waals surface area contributed by atoms with Crippen LogP contribution in [-0.2, 0) is 14.8 Å². The standard InChI is InChI=1S/C13H19FN2O3S/c1-3-4-9-15-13(17)10(2)16-20(18,19)12-7-5-11(14)6-8-12/h5-8,10,16H,3-4,9H2,1-2H3,(H,15,17). The number of unbranched alkanes of at least 4 members (excludes halogenated alkanes) is 1. The third kappa shape index (κ3) is 4.90. The predicted molar refractivity (Wildman–Crippen MR) is 74.1 cm³/mol. The van der Waals surface area contributed by atoms with Gasteiger partial charge in [-0.2, -0.15) is 4.72 Å². The van der Waals surface area contributed by atoms with E-state index in [1.54, 1.807) is 0 Å². The molecule has 1 atom stereocenters. The van der Waals surface area contributed by atoms with Gasteiger partial charge in [0.05, 0.1) is 10.9 Å². The maximum Gasteiger partial charge on any atom is 0.241 e. The molecule has 1 rings (SSSR count). The van der Waals surface area contributed by atoms with Crippen LogP contribution in [0.5, 0.6) is 0 Å². The van der Waals surface area contributed by atoms with Gasteiger partial charge in [-0.25, -0.2) is 12.8 Å². The van der Waals surface area contributed by atoms with Gasteiger partial charge in [-0.1, -0.05) is 13.3 Å². The Morgan fingerprint density at radius 1 is 1.30 bits per heavy atom. The number of carbonyl (C=O) groups is 1. The average Bonchev–Trinajstić information content (AvgIpc) is 2.38. The Morgan fingerprint density at radius 2 is 1.90 bits per heavy atom. The summed E-state index contributed by atoms with van der Waals surface area (Å²) in [5, 5.41) is 2.64. The Balaban J connectivity index is 2.66. The highest BCUT2D eigenvalue weighted by Crippen LogP contribution is 2.10. The van der Waals surface area contributed by atoms with Crippen LogP contribution in [0.3, 0.4) is 0 Å². The maximum absolute atomic E-state index is 12.8. The second-order valence-electron chi connectivity index (χ2n) is 4.44. The minimum atomic E-state index is -3.83. The molecule has 0 saturated carbocycles. The molecular formula is C13H19FN2O3S. The summed E-state index contributed by atoms with van der Waals surface area (Å²) in [7, 11) is -3.83. The topological polar surface area (TPSA) is 75.3 Å². The number of carbonyl (C=O) groups excluding carboxylic acids is 1. The Kier molecular flexibility index (Phi) is 6.09. The first kappa shape index (κ1) is 16.6. The van der Waals surface area contributed by atoms with Crippen molar-refractivity contribution in [1.82, 2.24) is 10.0 Å². The molecule has 0 heterocycles. The first-order valence-electron chi connectivity index (χ1n) is 6.42. The van der Waals surface area contributed by atoms with E-state index < -0.39 is 21.9 Å². The second-order valence-corrected chi connectivity index (χ2v) is 6.16. The fourth-order valence-electron chi connectivity index (χ4n) is 1.51. The van der Waals surface area contributed by atoms with Crippen molar-refractivity contribution in [3.05, 3.63) is 30.1 Å². The fourth-order valence-corrected chi connectivity index (χ4v) is 2.71. The summed E-state index contributed by atoms with van der Waals surface area (Å²) < 4.78 is 39.0. The number of hydrogen-bond donors (Lipinski definition) is 2. The van der Waals surface area contributed by atoms with Crippen LogP contribution in [0.15, 0.2) is 29.2 Å². The van der Waals surface area contributed by atoms with Crippen LogP contribution in [-0.4, -0.2) is 26.9 Å². The lowest BCUT2D eigenvalue weighted by atomic mass is 10.3. The van der Waals surface area contributed by atoms with Crippen LogP contribution in [0.1, 0.15) is 26.7 Å². The van der Waals surface area contributed by atoms with Gasteiger partial charge >= 0.3 is 0 Å². The normalized spacial score (nSPS) is 12.9. The SMILES string of the molecule is CCCCNC(=O)C(C)NS(=O)(=O)c1ccc(F)cc1. The molecule has 0 aliphatic carbocycles. The van der Waals surface area contributed by atoms with E-state index in [2.05, 4.69) is 10.0 Å². The number of sulfonamides is 1. The molecule has 0 aliphatic rings. The third-order valence-electron chi connectivity index (χ3n) is 2.68. The first-order valence-corrected chi connectivity index (χ1v) is 7.90. The number of hydrogen-bond acceptors (Lipinski definition) is 3.